The first kappa shape index (κ1) is 21.3. The minimum Gasteiger partial charge on any atom is -0.463 e. The van der Waals surface area contributed by atoms with Crippen molar-refractivity contribution in [3.8, 4) is 16.9 Å². The van der Waals surface area contributed by atoms with Crippen LogP contribution in [0.25, 0.3) is 22.1 Å². The van der Waals surface area contributed by atoms with E-state index < -0.39 is 16.1 Å². The fourth-order valence-electron chi connectivity index (χ4n) is 3.12. The van der Waals surface area contributed by atoms with Gasteiger partial charge in [0.2, 0.25) is 0 Å². The van der Waals surface area contributed by atoms with E-state index in [9.17, 15) is 18.0 Å². The predicted octanol–water partition coefficient (Wildman–Crippen LogP) is 4.40. The molecule has 0 bridgehead atoms. The number of fused-ring (bicyclic) bond motifs is 1. The lowest BCUT2D eigenvalue weighted by atomic mass is 10.1. The highest BCUT2D eigenvalue weighted by atomic mass is 32.2. The van der Waals surface area contributed by atoms with Gasteiger partial charge in [-0.2, -0.15) is 8.42 Å². The summed E-state index contributed by atoms with van der Waals surface area (Å²) in [7, 11) is -4.17. The van der Waals surface area contributed by atoms with Gasteiger partial charge < -0.3 is 13.3 Å². The van der Waals surface area contributed by atoms with E-state index in [-0.39, 0.29) is 33.8 Å². The Balaban J connectivity index is 1.61. The lowest BCUT2D eigenvalue weighted by Crippen LogP contribution is -2.11. The third kappa shape index (κ3) is 4.26. The molecule has 0 saturated carbocycles. The summed E-state index contributed by atoms with van der Waals surface area (Å²) in [4.78, 5) is 24.4. The van der Waals surface area contributed by atoms with Gasteiger partial charge in [0.25, 0.3) is 0 Å². The highest BCUT2D eigenvalue weighted by molar-refractivity contribution is 7.87. The van der Waals surface area contributed by atoms with Gasteiger partial charge in [-0.1, -0.05) is 30.3 Å². The summed E-state index contributed by atoms with van der Waals surface area (Å²) in [6.07, 6.45) is 1.34. The summed E-state index contributed by atoms with van der Waals surface area (Å²) in [5, 5.41) is 0.301. The van der Waals surface area contributed by atoms with E-state index >= 15 is 0 Å². The van der Waals surface area contributed by atoms with E-state index in [1.807, 2.05) is 18.2 Å². The highest BCUT2D eigenvalue weighted by Crippen LogP contribution is 2.25. The quantitative estimate of drug-likeness (QED) is 0.317. The number of esters is 1. The van der Waals surface area contributed by atoms with Gasteiger partial charge in [0, 0.05) is 6.07 Å². The zero-order valence-corrected chi connectivity index (χ0v) is 17.8. The molecule has 162 valence electrons. The monoisotopic (exact) mass is 450 g/mol. The van der Waals surface area contributed by atoms with Crippen molar-refractivity contribution in [2.75, 3.05) is 6.61 Å². The molecule has 0 aliphatic carbocycles. The SMILES string of the molecule is CCOC(=O)c1ccc(S(=O)(=O)Oc2ccc3c(=O)c(-c4ccccc4)coc3c2)cc1. The Hall–Kier alpha value is -3.91. The Morgan fingerprint density at radius 3 is 2.38 bits per heavy atom. The number of rotatable bonds is 6. The Kier molecular flexibility index (Phi) is 5.79. The van der Waals surface area contributed by atoms with Crippen LogP contribution < -0.4 is 9.61 Å². The molecule has 0 unspecified atom stereocenters. The molecule has 3 aromatic carbocycles. The second-order valence-corrected chi connectivity index (χ2v) is 8.33. The molecule has 1 aromatic heterocycles. The molecule has 0 amide bonds. The van der Waals surface area contributed by atoms with Crippen LogP contribution in [0.15, 0.2) is 93.2 Å². The molecule has 7 nitrogen and oxygen atoms in total. The normalized spacial score (nSPS) is 11.3. The molecule has 0 aliphatic heterocycles. The summed E-state index contributed by atoms with van der Waals surface area (Å²) in [5.74, 6) is -0.556. The molecule has 0 spiro atoms. The van der Waals surface area contributed by atoms with Gasteiger partial charge in [-0.15, -0.1) is 0 Å². The van der Waals surface area contributed by atoms with Crippen LogP contribution in [0.5, 0.6) is 5.75 Å². The smallest absolute Gasteiger partial charge is 0.339 e. The fraction of sp³-hybridized carbons (Fsp3) is 0.0833. The van der Waals surface area contributed by atoms with Crippen LogP contribution >= 0.6 is 0 Å². The summed E-state index contributed by atoms with van der Waals surface area (Å²) >= 11 is 0. The Bertz CT molecular complexity index is 1440. The summed E-state index contributed by atoms with van der Waals surface area (Å²) in [6.45, 7) is 1.89. The molecule has 4 aromatic rings. The number of carbonyl (C=O) groups is 1. The summed E-state index contributed by atoms with van der Waals surface area (Å²) < 4.78 is 40.9. The number of ether oxygens (including phenoxy) is 1. The van der Waals surface area contributed by atoms with Gasteiger partial charge in [0.1, 0.15) is 22.5 Å². The van der Waals surface area contributed by atoms with Gasteiger partial charge in [-0.05, 0) is 48.9 Å². The summed E-state index contributed by atoms with van der Waals surface area (Å²) in [6, 6.07) is 18.5. The van der Waals surface area contributed by atoms with Crippen molar-refractivity contribution < 1.29 is 26.5 Å². The number of hydrogen-bond donors (Lipinski definition) is 0. The number of hydrogen-bond acceptors (Lipinski definition) is 7. The van der Waals surface area contributed by atoms with Crippen molar-refractivity contribution in [1.82, 2.24) is 0 Å². The van der Waals surface area contributed by atoms with Crippen molar-refractivity contribution in [1.29, 1.82) is 0 Å². The van der Waals surface area contributed by atoms with Crippen LogP contribution in [-0.2, 0) is 14.9 Å². The van der Waals surface area contributed by atoms with E-state index in [1.54, 1.807) is 19.1 Å². The molecule has 1 heterocycles. The zero-order valence-electron chi connectivity index (χ0n) is 17.0. The van der Waals surface area contributed by atoms with E-state index in [2.05, 4.69) is 0 Å². The van der Waals surface area contributed by atoms with Crippen molar-refractivity contribution in [2.45, 2.75) is 11.8 Å². The minimum atomic E-state index is -4.17. The van der Waals surface area contributed by atoms with Crippen molar-refractivity contribution in [2.24, 2.45) is 0 Å². The molecule has 0 fully saturated rings. The molecular weight excluding hydrogens is 432 g/mol. The van der Waals surface area contributed by atoms with Crippen LogP contribution in [0.2, 0.25) is 0 Å². The average molecular weight is 450 g/mol. The van der Waals surface area contributed by atoms with Crippen molar-refractivity contribution >= 4 is 27.1 Å². The van der Waals surface area contributed by atoms with Crippen molar-refractivity contribution in [3.63, 3.8) is 0 Å². The molecule has 0 atom stereocenters. The van der Waals surface area contributed by atoms with E-state index in [1.165, 1.54) is 48.7 Å². The maximum absolute atomic E-state index is 12.8. The van der Waals surface area contributed by atoms with Crippen LogP contribution in [-0.4, -0.2) is 21.0 Å². The van der Waals surface area contributed by atoms with Gasteiger partial charge in [0.15, 0.2) is 5.43 Å². The molecule has 0 saturated heterocycles. The second kappa shape index (κ2) is 8.68. The standard InChI is InChI=1S/C24H18O7S/c1-2-29-24(26)17-8-11-19(12-9-17)32(27,28)31-18-10-13-20-22(14-18)30-15-21(23(20)25)16-6-4-3-5-7-16/h3-15H,2H2,1H3. The first-order valence-corrected chi connectivity index (χ1v) is 11.1. The molecular formula is C24H18O7S. The maximum atomic E-state index is 12.8. The average Bonchev–Trinajstić information content (AvgIpc) is 2.80. The zero-order chi connectivity index (χ0) is 22.7. The maximum Gasteiger partial charge on any atom is 0.339 e. The lowest BCUT2D eigenvalue weighted by molar-refractivity contribution is 0.0526. The van der Waals surface area contributed by atoms with E-state index in [0.29, 0.717) is 10.9 Å². The van der Waals surface area contributed by atoms with Crippen LogP contribution in [0.1, 0.15) is 17.3 Å². The number of benzene rings is 3. The summed E-state index contributed by atoms with van der Waals surface area (Å²) in [5.41, 5.74) is 1.31. The topological polar surface area (TPSA) is 99.9 Å². The highest BCUT2D eigenvalue weighted by Gasteiger charge is 2.19. The van der Waals surface area contributed by atoms with Gasteiger partial charge in [0.05, 0.1) is 23.1 Å². The van der Waals surface area contributed by atoms with Gasteiger partial charge >= 0.3 is 16.1 Å². The predicted molar refractivity (Wildman–Crippen MR) is 118 cm³/mol. The fourth-order valence-corrected chi connectivity index (χ4v) is 4.05. The largest absolute Gasteiger partial charge is 0.463 e. The van der Waals surface area contributed by atoms with Gasteiger partial charge in [-0.25, -0.2) is 4.79 Å². The third-order valence-electron chi connectivity index (χ3n) is 4.69. The molecule has 8 heteroatoms. The lowest BCUT2D eigenvalue weighted by Gasteiger charge is -2.09. The first-order chi connectivity index (χ1) is 15.4. The third-order valence-corrected chi connectivity index (χ3v) is 5.95. The number of carbonyl (C=O) groups excluding carboxylic acids is 1. The molecule has 4 rings (SSSR count). The molecule has 32 heavy (non-hydrogen) atoms. The molecule has 0 radical (unpaired) electrons. The van der Waals surface area contributed by atoms with Crippen LogP contribution in [0.4, 0.5) is 0 Å². The van der Waals surface area contributed by atoms with Crippen LogP contribution in [0, 0.1) is 0 Å². The van der Waals surface area contributed by atoms with E-state index in [0.717, 1.165) is 5.56 Å². The Labute approximate surface area is 184 Å². The Morgan fingerprint density at radius 2 is 1.69 bits per heavy atom. The molecule has 0 N–H and O–H groups in total. The molecule has 0 aliphatic rings. The van der Waals surface area contributed by atoms with Crippen LogP contribution in [0.3, 0.4) is 0 Å². The first-order valence-electron chi connectivity index (χ1n) is 9.71. The van der Waals surface area contributed by atoms with Crippen molar-refractivity contribution in [3.05, 3.63) is 94.8 Å². The minimum absolute atomic E-state index is 0.0115. The van der Waals surface area contributed by atoms with E-state index in [4.69, 9.17) is 13.3 Å². The van der Waals surface area contributed by atoms with Gasteiger partial charge in [-0.3, -0.25) is 4.79 Å². The Morgan fingerprint density at radius 1 is 0.969 bits per heavy atom. The second-order valence-electron chi connectivity index (χ2n) is 6.78.